The summed E-state index contributed by atoms with van der Waals surface area (Å²) in [6, 6.07) is 9.53. The molecule has 14 heavy (non-hydrogen) atoms. The number of alkyl halides is 2. The molecule has 0 saturated heterocycles. The maximum atomic E-state index is 11.2. The van der Waals surface area contributed by atoms with Gasteiger partial charge in [-0.15, -0.1) is 0 Å². The molecule has 1 aromatic rings. The highest BCUT2D eigenvalue weighted by molar-refractivity contribution is 6.53. The van der Waals surface area contributed by atoms with E-state index in [2.05, 4.69) is 5.32 Å². The largest absolute Gasteiger partial charge is 0.347 e. The molecule has 0 aromatic heterocycles. The number of carbonyl (C=O) groups excluding carboxylic acids is 1. The van der Waals surface area contributed by atoms with Crippen molar-refractivity contribution >= 4 is 29.1 Å². The minimum Gasteiger partial charge on any atom is -0.347 e. The second-order valence-corrected chi connectivity index (χ2v) is 4.04. The Labute approximate surface area is 93.2 Å². The zero-order valence-electron chi connectivity index (χ0n) is 7.71. The van der Waals surface area contributed by atoms with Crippen LogP contribution < -0.4 is 5.32 Å². The van der Waals surface area contributed by atoms with Crippen LogP contribution >= 0.6 is 23.2 Å². The Morgan fingerprint density at radius 3 is 2.36 bits per heavy atom. The summed E-state index contributed by atoms with van der Waals surface area (Å²) in [5, 5.41) is 2.69. The third-order valence-corrected chi connectivity index (χ3v) is 2.25. The fourth-order valence-corrected chi connectivity index (χ4v) is 1.23. The molecule has 0 heterocycles. The van der Waals surface area contributed by atoms with E-state index in [0.717, 1.165) is 5.56 Å². The molecule has 0 spiro atoms. The van der Waals surface area contributed by atoms with E-state index in [1.807, 2.05) is 37.3 Å². The van der Waals surface area contributed by atoms with Crippen molar-refractivity contribution in [3.8, 4) is 0 Å². The lowest BCUT2D eigenvalue weighted by Gasteiger charge is -2.14. The predicted octanol–water partition coefficient (Wildman–Crippen LogP) is 2.67. The first-order valence-corrected chi connectivity index (χ1v) is 5.12. The first-order chi connectivity index (χ1) is 6.61. The Bertz CT molecular complexity index is 300. The number of nitrogens with one attached hydrogen (secondary N) is 1. The van der Waals surface area contributed by atoms with Crippen molar-refractivity contribution in [1.29, 1.82) is 0 Å². The zero-order valence-corrected chi connectivity index (χ0v) is 9.22. The number of amides is 1. The second kappa shape index (κ2) is 5.23. The number of halogens is 2. The molecule has 0 aliphatic rings. The SMILES string of the molecule is CC(NC(=O)C(Cl)Cl)c1ccccc1. The summed E-state index contributed by atoms with van der Waals surface area (Å²) in [4.78, 5) is 10.1. The number of benzene rings is 1. The molecule has 0 fully saturated rings. The molecule has 0 radical (unpaired) electrons. The molecule has 0 bridgehead atoms. The molecule has 1 N–H and O–H groups in total. The van der Waals surface area contributed by atoms with Gasteiger partial charge in [-0.1, -0.05) is 53.5 Å². The van der Waals surface area contributed by atoms with E-state index in [0.29, 0.717) is 0 Å². The summed E-state index contributed by atoms with van der Waals surface area (Å²) in [5.41, 5.74) is 1.02. The Balaban J connectivity index is 2.59. The Kier molecular flexibility index (Phi) is 4.23. The van der Waals surface area contributed by atoms with Gasteiger partial charge in [-0.05, 0) is 12.5 Å². The van der Waals surface area contributed by atoms with Gasteiger partial charge in [0.1, 0.15) is 0 Å². The van der Waals surface area contributed by atoms with E-state index in [1.54, 1.807) is 0 Å². The van der Waals surface area contributed by atoms with Gasteiger partial charge >= 0.3 is 0 Å². The van der Waals surface area contributed by atoms with Gasteiger partial charge in [0.25, 0.3) is 5.91 Å². The van der Waals surface area contributed by atoms with Crippen LogP contribution in [0.2, 0.25) is 0 Å². The Morgan fingerprint density at radius 2 is 1.86 bits per heavy atom. The lowest BCUT2D eigenvalue weighted by Crippen LogP contribution is -2.30. The van der Waals surface area contributed by atoms with E-state index in [4.69, 9.17) is 23.2 Å². The van der Waals surface area contributed by atoms with Crippen molar-refractivity contribution in [2.75, 3.05) is 0 Å². The fraction of sp³-hybridized carbons (Fsp3) is 0.300. The highest BCUT2D eigenvalue weighted by Gasteiger charge is 2.14. The molecular formula is C10H11Cl2NO. The monoisotopic (exact) mass is 231 g/mol. The molecule has 0 aliphatic carbocycles. The number of hydrogen-bond donors (Lipinski definition) is 1. The molecule has 1 atom stereocenters. The van der Waals surface area contributed by atoms with Crippen molar-refractivity contribution in [1.82, 2.24) is 5.32 Å². The summed E-state index contributed by atoms with van der Waals surface area (Å²) in [5.74, 6) is -0.371. The van der Waals surface area contributed by atoms with Crippen LogP contribution in [0, 0.1) is 0 Å². The van der Waals surface area contributed by atoms with Crippen LogP contribution in [0.5, 0.6) is 0 Å². The van der Waals surface area contributed by atoms with E-state index < -0.39 is 4.84 Å². The van der Waals surface area contributed by atoms with Crippen LogP contribution in [0.1, 0.15) is 18.5 Å². The van der Waals surface area contributed by atoms with E-state index in [-0.39, 0.29) is 11.9 Å². The first kappa shape index (κ1) is 11.3. The molecule has 1 amide bonds. The normalized spacial score (nSPS) is 12.6. The van der Waals surface area contributed by atoms with Crippen LogP contribution in [-0.4, -0.2) is 10.7 Å². The molecule has 4 heteroatoms. The van der Waals surface area contributed by atoms with E-state index in [1.165, 1.54) is 0 Å². The quantitative estimate of drug-likeness (QED) is 0.797. The minimum atomic E-state index is -1.01. The minimum absolute atomic E-state index is 0.0799. The summed E-state index contributed by atoms with van der Waals surface area (Å²) in [6.45, 7) is 1.88. The highest BCUT2D eigenvalue weighted by Crippen LogP contribution is 2.12. The summed E-state index contributed by atoms with van der Waals surface area (Å²) in [7, 11) is 0. The van der Waals surface area contributed by atoms with Gasteiger partial charge in [0.15, 0.2) is 4.84 Å². The molecule has 0 saturated carbocycles. The van der Waals surface area contributed by atoms with Crippen molar-refractivity contribution in [3.05, 3.63) is 35.9 Å². The number of carbonyl (C=O) groups is 1. The molecular weight excluding hydrogens is 221 g/mol. The fourth-order valence-electron chi connectivity index (χ4n) is 1.10. The smallest absolute Gasteiger partial charge is 0.253 e. The Hall–Kier alpha value is -0.730. The van der Waals surface area contributed by atoms with Gasteiger partial charge in [0, 0.05) is 0 Å². The predicted molar refractivity (Wildman–Crippen MR) is 58.5 cm³/mol. The molecule has 2 nitrogen and oxygen atoms in total. The average Bonchev–Trinajstić information content (AvgIpc) is 2.19. The van der Waals surface area contributed by atoms with Gasteiger partial charge in [-0.25, -0.2) is 0 Å². The highest BCUT2D eigenvalue weighted by atomic mass is 35.5. The van der Waals surface area contributed by atoms with Crippen LogP contribution in [-0.2, 0) is 4.79 Å². The average molecular weight is 232 g/mol. The lowest BCUT2D eigenvalue weighted by molar-refractivity contribution is -0.120. The standard InChI is InChI=1S/C10H11Cl2NO/c1-7(13-10(14)9(11)12)8-5-3-2-4-6-8/h2-7,9H,1H3,(H,13,14). The molecule has 76 valence electrons. The molecule has 0 aliphatic heterocycles. The second-order valence-electron chi connectivity index (χ2n) is 2.94. The van der Waals surface area contributed by atoms with Gasteiger partial charge in [-0.2, -0.15) is 0 Å². The van der Waals surface area contributed by atoms with Crippen LogP contribution in [0.25, 0.3) is 0 Å². The topological polar surface area (TPSA) is 29.1 Å². The first-order valence-electron chi connectivity index (χ1n) is 4.24. The van der Waals surface area contributed by atoms with Gasteiger partial charge in [-0.3, -0.25) is 4.79 Å². The summed E-state index contributed by atoms with van der Waals surface area (Å²) >= 11 is 10.8. The van der Waals surface area contributed by atoms with Crippen LogP contribution in [0.15, 0.2) is 30.3 Å². The van der Waals surface area contributed by atoms with Crippen LogP contribution in [0.4, 0.5) is 0 Å². The van der Waals surface area contributed by atoms with Gasteiger partial charge < -0.3 is 5.32 Å². The van der Waals surface area contributed by atoms with Crippen LogP contribution in [0.3, 0.4) is 0 Å². The van der Waals surface area contributed by atoms with E-state index in [9.17, 15) is 4.79 Å². The summed E-state index contributed by atoms with van der Waals surface area (Å²) in [6.07, 6.45) is 0. The third-order valence-electron chi connectivity index (χ3n) is 1.86. The van der Waals surface area contributed by atoms with Crippen molar-refractivity contribution < 1.29 is 4.79 Å². The summed E-state index contributed by atoms with van der Waals surface area (Å²) < 4.78 is 0. The zero-order chi connectivity index (χ0) is 10.6. The van der Waals surface area contributed by atoms with Crippen molar-refractivity contribution in [2.45, 2.75) is 17.8 Å². The van der Waals surface area contributed by atoms with Crippen molar-refractivity contribution in [2.24, 2.45) is 0 Å². The number of hydrogen-bond acceptors (Lipinski definition) is 1. The lowest BCUT2D eigenvalue weighted by atomic mass is 10.1. The number of rotatable bonds is 3. The maximum Gasteiger partial charge on any atom is 0.253 e. The molecule has 1 unspecified atom stereocenters. The molecule has 1 rings (SSSR count). The van der Waals surface area contributed by atoms with Crippen molar-refractivity contribution in [3.63, 3.8) is 0 Å². The Morgan fingerprint density at radius 1 is 1.29 bits per heavy atom. The van der Waals surface area contributed by atoms with Gasteiger partial charge in [0.05, 0.1) is 6.04 Å². The van der Waals surface area contributed by atoms with E-state index >= 15 is 0 Å². The maximum absolute atomic E-state index is 11.2. The molecule has 1 aromatic carbocycles. The van der Waals surface area contributed by atoms with Gasteiger partial charge in [0.2, 0.25) is 0 Å². The third kappa shape index (κ3) is 3.20.